The summed E-state index contributed by atoms with van der Waals surface area (Å²) in [6.07, 6.45) is 0. The Morgan fingerprint density at radius 3 is 2.64 bits per heavy atom. The van der Waals surface area contributed by atoms with E-state index in [1.54, 1.807) is 0 Å². The molecule has 0 saturated carbocycles. The second kappa shape index (κ2) is 4.52. The van der Waals surface area contributed by atoms with Crippen LogP contribution in [-0.4, -0.2) is 24.6 Å². The molecule has 0 amide bonds. The summed E-state index contributed by atoms with van der Waals surface area (Å²) in [5.41, 5.74) is 6.46. The van der Waals surface area contributed by atoms with Gasteiger partial charge in [-0.2, -0.15) is 0 Å². The molecule has 0 aliphatic heterocycles. The maximum Gasteiger partial charge on any atom is 0.316 e. The number of rotatable bonds is 3. The van der Waals surface area contributed by atoms with Crippen LogP contribution in [-0.2, 0) is 9.53 Å². The summed E-state index contributed by atoms with van der Waals surface area (Å²) in [6.45, 7) is 4.13. The number of nitrogens with two attached hydrogens (primary N) is 1. The zero-order valence-corrected chi connectivity index (χ0v) is 9.35. The predicted molar refractivity (Wildman–Crippen MR) is 55.4 cm³/mol. The highest BCUT2D eigenvalue weighted by molar-refractivity contribution is 7.11. The van der Waals surface area contributed by atoms with E-state index in [2.05, 4.69) is 9.72 Å². The normalized spacial score (nSPS) is 12.6. The third kappa shape index (κ3) is 2.10. The first-order chi connectivity index (χ1) is 6.60. The number of ether oxygens (including phenoxy) is 1. The van der Waals surface area contributed by atoms with Crippen molar-refractivity contribution >= 4 is 17.3 Å². The van der Waals surface area contributed by atoms with Crippen molar-refractivity contribution in [2.75, 3.05) is 13.7 Å². The molecule has 1 heterocycles. The molecule has 1 aromatic heterocycles. The van der Waals surface area contributed by atoms with Crippen LogP contribution in [0.3, 0.4) is 0 Å². The lowest BCUT2D eigenvalue weighted by Crippen LogP contribution is -2.22. The van der Waals surface area contributed by atoms with Crippen LogP contribution in [0.2, 0.25) is 0 Å². The van der Waals surface area contributed by atoms with E-state index in [1.165, 1.54) is 18.4 Å². The molecule has 4 nitrogen and oxygen atoms in total. The second-order valence-electron chi connectivity index (χ2n) is 3.01. The summed E-state index contributed by atoms with van der Waals surface area (Å²) < 4.78 is 4.65. The number of nitrogens with zero attached hydrogens (tertiary/aromatic N) is 1. The van der Waals surface area contributed by atoms with E-state index < -0.39 is 5.92 Å². The van der Waals surface area contributed by atoms with Crippen LogP contribution >= 0.6 is 11.3 Å². The van der Waals surface area contributed by atoms with Crippen LogP contribution < -0.4 is 5.73 Å². The van der Waals surface area contributed by atoms with E-state index in [1.807, 2.05) is 13.8 Å². The van der Waals surface area contributed by atoms with Gasteiger partial charge in [-0.05, 0) is 13.8 Å². The smallest absolute Gasteiger partial charge is 0.316 e. The molecule has 0 unspecified atom stereocenters. The van der Waals surface area contributed by atoms with Gasteiger partial charge in [-0.3, -0.25) is 4.79 Å². The number of aryl methyl sites for hydroxylation is 2. The number of carbonyl (C=O) groups is 1. The lowest BCUT2D eigenvalue weighted by atomic mass is 10.1. The van der Waals surface area contributed by atoms with Crippen molar-refractivity contribution < 1.29 is 9.53 Å². The number of methoxy groups -OCH3 is 1. The number of aromatic nitrogens is 1. The zero-order chi connectivity index (χ0) is 10.7. The van der Waals surface area contributed by atoms with Gasteiger partial charge >= 0.3 is 5.97 Å². The number of hydrogen-bond acceptors (Lipinski definition) is 5. The molecule has 0 fully saturated rings. The molecule has 1 atom stereocenters. The summed E-state index contributed by atoms with van der Waals surface area (Å²) in [5.74, 6) is -0.737. The molecule has 0 bridgehead atoms. The van der Waals surface area contributed by atoms with Crippen molar-refractivity contribution in [3.05, 3.63) is 15.6 Å². The van der Waals surface area contributed by atoms with Crippen LogP contribution in [0.5, 0.6) is 0 Å². The summed E-state index contributed by atoms with van der Waals surface area (Å²) >= 11 is 1.50. The van der Waals surface area contributed by atoms with Gasteiger partial charge in [-0.1, -0.05) is 0 Å². The van der Waals surface area contributed by atoms with Crippen molar-refractivity contribution in [2.24, 2.45) is 5.73 Å². The van der Waals surface area contributed by atoms with E-state index in [0.717, 1.165) is 15.6 Å². The van der Waals surface area contributed by atoms with Gasteiger partial charge < -0.3 is 10.5 Å². The first-order valence-corrected chi connectivity index (χ1v) is 5.13. The molecule has 5 heteroatoms. The Kier molecular flexibility index (Phi) is 3.60. The van der Waals surface area contributed by atoms with Gasteiger partial charge in [0.1, 0.15) is 10.9 Å². The first kappa shape index (κ1) is 11.1. The van der Waals surface area contributed by atoms with E-state index in [4.69, 9.17) is 5.73 Å². The Labute approximate surface area is 87.1 Å². The van der Waals surface area contributed by atoms with Crippen LogP contribution in [0.25, 0.3) is 0 Å². The average Bonchev–Trinajstić information content (AvgIpc) is 2.48. The maximum atomic E-state index is 11.3. The topological polar surface area (TPSA) is 65.2 Å². The molecule has 0 radical (unpaired) electrons. The van der Waals surface area contributed by atoms with Crippen LogP contribution in [0.1, 0.15) is 21.5 Å². The Hall–Kier alpha value is -0.940. The third-order valence-corrected chi connectivity index (χ3v) is 3.25. The number of esters is 1. The fourth-order valence-corrected chi connectivity index (χ4v) is 2.11. The van der Waals surface area contributed by atoms with E-state index in [9.17, 15) is 4.79 Å². The minimum Gasteiger partial charge on any atom is -0.468 e. The van der Waals surface area contributed by atoms with Gasteiger partial charge in [0.05, 0.1) is 12.8 Å². The SMILES string of the molecule is COC(=O)[C@H](CN)c1nc(C)c(C)s1. The summed E-state index contributed by atoms with van der Waals surface area (Å²) in [7, 11) is 1.36. The third-order valence-electron chi connectivity index (χ3n) is 2.06. The molecule has 1 rings (SSSR count). The lowest BCUT2D eigenvalue weighted by Gasteiger charge is -2.08. The highest BCUT2D eigenvalue weighted by Crippen LogP contribution is 2.24. The van der Waals surface area contributed by atoms with E-state index in [-0.39, 0.29) is 12.5 Å². The van der Waals surface area contributed by atoms with Crippen LogP contribution in [0, 0.1) is 13.8 Å². The van der Waals surface area contributed by atoms with Crippen molar-refractivity contribution in [1.29, 1.82) is 0 Å². The van der Waals surface area contributed by atoms with Gasteiger partial charge in [0.2, 0.25) is 0 Å². The lowest BCUT2D eigenvalue weighted by molar-refractivity contribution is -0.142. The van der Waals surface area contributed by atoms with E-state index in [0.29, 0.717) is 0 Å². The quantitative estimate of drug-likeness (QED) is 0.762. The van der Waals surface area contributed by atoms with E-state index >= 15 is 0 Å². The molecular weight excluding hydrogens is 200 g/mol. The fraction of sp³-hybridized carbons (Fsp3) is 0.556. The van der Waals surface area contributed by atoms with Crippen molar-refractivity contribution in [2.45, 2.75) is 19.8 Å². The molecule has 14 heavy (non-hydrogen) atoms. The van der Waals surface area contributed by atoms with Gasteiger partial charge in [0.25, 0.3) is 0 Å². The van der Waals surface area contributed by atoms with Crippen molar-refractivity contribution in [3.8, 4) is 0 Å². The Morgan fingerprint density at radius 2 is 2.29 bits per heavy atom. The molecule has 0 aliphatic carbocycles. The molecule has 78 valence electrons. The Bertz CT molecular complexity index is 316. The zero-order valence-electron chi connectivity index (χ0n) is 8.53. The average molecular weight is 214 g/mol. The monoisotopic (exact) mass is 214 g/mol. The van der Waals surface area contributed by atoms with Crippen LogP contribution in [0.4, 0.5) is 0 Å². The van der Waals surface area contributed by atoms with Gasteiger partial charge in [-0.25, -0.2) is 4.98 Å². The number of carbonyl (C=O) groups excluding carboxylic acids is 1. The predicted octanol–water partition coefficient (Wildman–Crippen LogP) is 0.975. The van der Waals surface area contributed by atoms with Crippen LogP contribution in [0.15, 0.2) is 0 Å². The van der Waals surface area contributed by atoms with Gasteiger partial charge in [0.15, 0.2) is 0 Å². The first-order valence-electron chi connectivity index (χ1n) is 4.32. The molecule has 0 aromatic carbocycles. The molecular formula is C9H14N2O2S. The minimum absolute atomic E-state index is 0.235. The highest BCUT2D eigenvalue weighted by atomic mass is 32.1. The van der Waals surface area contributed by atoms with Crippen molar-refractivity contribution in [1.82, 2.24) is 4.98 Å². The molecule has 2 N–H and O–H groups in total. The Balaban J connectivity index is 2.95. The largest absolute Gasteiger partial charge is 0.468 e. The van der Waals surface area contributed by atoms with Gasteiger partial charge in [-0.15, -0.1) is 11.3 Å². The summed E-state index contributed by atoms with van der Waals surface area (Å²) in [6, 6.07) is 0. The minimum atomic E-state index is -0.419. The summed E-state index contributed by atoms with van der Waals surface area (Å²) in [4.78, 5) is 16.7. The van der Waals surface area contributed by atoms with Gasteiger partial charge in [0, 0.05) is 11.4 Å². The van der Waals surface area contributed by atoms with Crippen molar-refractivity contribution in [3.63, 3.8) is 0 Å². The second-order valence-corrected chi connectivity index (χ2v) is 4.24. The molecule has 0 spiro atoms. The molecule has 1 aromatic rings. The maximum absolute atomic E-state index is 11.3. The number of hydrogen-bond donors (Lipinski definition) is 1. The number of thiazole rings is 1. The summed E-state index contributed by atoms with van der Waals surface area (Å²) in [5, 5.41) is 0.745. The molecule has 0 saturated heterocycles. The Morgan fingerprint density at radius 1 is 1.64 bits per heavy atom. The molecule has 0 aliphatic rings. The standard InChI is InChI=1S/C9H14N2O2S/c1-5-6(2)14-8(11-5)7(4-10)9(12)13-3/h7H,4,10H2,1-3H3/t7-/m1/s1. The fourth-order valence-electron chi connectivity index (χ4n) is 1.09. The highest BCUT2D eigenvalue weighted by Gasteiger charge is 2.23.